The van der Waals surface area contributed by atoms with Crippen LogP contribution in [0.15, 0.2) is 24.3 Å². The van der Waals surface area contributed by atoms with Crippen molar-refractivity contribution in [2.75, 3.05) is 19.6 Å². The Morgan fingerprint density at radius 2 is 1.74 bits per heavy atom. The van der Waals surface area contributed by atoms with Crippen LogP contribution in [0, 0.1) is 0 Å². The van der Waals surface area contributed by atoms with Gasteiger partial charge in [0.25, 0.3) is 0 Å². The number of hydrogen-bond acceptors (Lipinski definition) is 2. The number of hydrogen-bond donors (Lipinski definition) is 1. The number of likely N-dealkylation sites (tertiary alicyclic amines) is 1. The standard InChI is InChI=1S/C14H18F3NO/c15-14(16,17)12-7-3-2-6-11(12)13(19)10-18-8-4-1-5-9-18/h2-3,6-7,13,19H,1,4-5,8-10H2. The number of halogens is 3. The summed E-state index contributed by atoms with van der Waals surface area (Å²) in [5, 5.41) is 10.1. The molecule has 1 fully saturated rings. The molecular formula is C14H18F3NO. The van der Waals surface area contributed by atoms with Crippen molar-refractivity contribution in [3.63, 3.8) is 0 Å². The predicted octanol–water partition coefficient (Wildman–Crippen LogP) is 3.22. The van der Waals surface area contributed by atoms with Gasteiger partial charge in [0, 0.05) is 6.54 Å². The van der Waals surface area contributed by atoms with Gasteiger partial charge in [-0.3, -0.25) is 0 Å². The van der Waals surface area contributed by atoms with E-state index in [1.165, 1.54) is 18.2 Å². The number of benzene rings is 1. The Kier molecular flexibility index (Phi) is 4.47. The lowest BCUT2D eigenvalue weighted by Crippen LogP contribution is -2.34. The number of rotatable bonds is 3. The minimum absolute atomic E-state index is 0.0272. The third-order valence-electron chi connectivity index (χ3n) is 3.51. The van der Waals surface area contributed by atoms with E-state index in [9.17, 15) is 18.3 Å². The van der Waals surface area contributed by atoms with Crippen LogP contribution in [-0.4, -0.2) is 29.6 Å². The predicted molar refractivity (Wildman–Crippen MR) is 66.7 cm³/mol. The van der Waals surface area contributed by atoms with E-state index in [1.54, 1.807) is 0 Å². The number of nitrogens with zero attached hydrogens (tertiary/aromatic N) is 1. The van der Waals surface area contributed by atoms with Gasteiger partial charge in [-0.25, -0.2) is 0 Å². The zero-order valence-corrected chi connectivity index (χ0v) is 10.7. The van der Waals surface area contributed by atoms with Crippen LogP contribution in [0.1, 0.15) is 36.5 Å². The first-order valence-corrected chi connectivity index (χ1v) is 6.55. The molecule has 1 saturated heterocycles. The van der Waals surface area contributed by atoms with Crippen molar-refractivity contribution in [1.82, 2.24) is 4.90 Å². The molecule has 0 spiro atoms. The molecule has 0 aromatic heterocycles. The van der Waals surface area contributed by atoms with Gasteiger partial charge in [-0.15, -0.1) is 0 Å². The fourth-order valence-electron chi connectivity index (χ4n) is 2.53. The smallest absolute Gasteiger partial charge is 0.387 e. The van der Waals surface area contributed by atoms with E-state index < -0.39 is 17.8 Å². The lowest BCUT2D eigenvalue weighted by Gasteiger charge is -2.29. The van der Waals surface area contributed by atoms with Crippen molar-refractivity contribution in [3.8, 4) is 0 Å². The molecule has 0 saturated carbocycles. The summed E-state index contributed by atoms with van der Waals surface area (Å²) in [6.07, 6.45) is -2.25. The van der Waals surface area contributed by atoms with Gasteiger partial charge in [0.2, 0.25) is 0 Å². The fourth-order valence-corrected chi connectivity index (χ4v) is 2.53. The molecule has 106 valence electrons. The first kappa shape index (κ1) is 14.3. The minimum atomic E-state index is -4.42. The monoisotopic (exact) mass is 273 g/mol. The molecule has 0 amide bonds. The molecular weight excluding hydrogens is 255 g/mol. The number of aliphatic hydroxyl groups excluding tert-OH is 1. The molecule has 1 aromatic rings. The van der Waals surface area contributed by atoms with Gasteiger partial charge in [-0.2, -0.15) is 13.2 Å². The van der Waals surface area contributed by atoms with E-state index in [1.807, 2.05) is 4.90 Å². The zero-order valence-electron chi connectivity index (χ0n) is 10.7. The highest BCUT2D eigenvalue weighted by Crippen LogP contribution is 2.34. The number of aliphatic hydroxyl groups is 1. The van der Waals surface area contributed by atoms with Crippen molar-refractivity contribution >= 4 is 0 Å². The average Bonchev–Trinajstić information content (AvgIpc) is 2.39. The quantitative estimate of drug-likeness (QED) is 0.914. The summed E-state index contributed by atoms with van der Waals surface area (Å²) in [6, 6.07) is 5.26. The summed E-state index contributed by atoms with van der Waals surface area (Å²) in [6.45, 7) is 1.98. The molecule has 1 unspecified atom stereocenters. The molecule has 0 radical (unpaired) electrons. The Balaban J connectivity index is 2.12. The van der Waals surface area contributed by atoms with E-state index in [2.05, 4.69) is 0 Å². The SMILES string of the molecule is OC(CN1CCCCC1)c1ccccc1C(F)(F)F. The van der Waals surface area contributed by atoms with Gasteiger partial charge >= 0.3 is 6.18 Å². The second kappa shape index (κ2) is 5.92. The molecule has 1 atom stereocenters. The third-order valence-corrected chi connectivity index (χ3v) is 3.51. The number of piperidine rings is 1. The fraction of sp³-hybridized carbons (Fsp3) is 0.571. The van der Waals surface area contributed by atoms with Crippen LogP contribution >= 0.6 is 0 Å². The number of β-amino-alcohol motifs (C(OH)–C–C–N with tert-alkyl or cyclic N) is 1. The zero-order chi connectivity index (χ0) is 13.9. The summed E-state index contributed by atoms with van der Waals surface area (Å²) < 4.78 is 38.6. The molecule has 1 aromatic carbocycles. The van der Waals surface area contributed by atoms with Crippen LogP contribution in [-0.2, 0) is 6.18 Å². The second-order valence-corrected chi connectivity index (χ2v) is 4.96. The largest absolute Gasteiger partial charge is 0.416 e. The van der Waals surface area contributed by atoms with Crippen molar-refractivity contribution in [1.29, 1.82) is 0 Å². The Morgan fingerprint density at radius 3 is 2.37 bits per heavy atom. The van der Waals surface area contributed by atoms with E-state index in [0.29, 0.717) is 0 Å². The normalized spacial score (nSPS) is 19.4. The Labute approximate surface area is 110 Å². The highest BCUT2D eigenvalue weighted by Gasteiger charge is 2.34. The van der Waals surface area contributed by atoms with E-state index in [4.69, 9.17) is 0 Å². The maximum Gasteiger partial charge on any atom is 0.416 e. The highest BCUT2D eigenvalue weighted by atomic mass is 19.4. The van der Waals surface area contributed by atoms with E-state index >= 15 is 0 Å². The van der Waals surface area contributed by atoms with Gasteiger partial charge in [-0.05, 0) is 37.6 Å². The summed E-state index contributed by atoms with van der Waals surface area (Å²) in [5.74, 6) is 0. The van der Waals surface area contributed by atoms with Crippen molar-refractivity contribution < 1.29 is 18.3 Å². The summed E-state index contributed by atoms with van der Waals surface area (Å²) in [4.78, 5) is 2.03. The molecule has 19 heavy (non-hydrogen) atoms. The van der Waals surface area contributed by atoms with Crippen LogP contribution in [0.5, 0.6) is 0 Å². The lowest BCUT2D eigenvalue weighted by molar-refractivity contribution is -0.139. The van der Waals surface area contributed by atoms with Crippen LogP contribution < -0.4 is 0 Å². The first-order chi connectivity index (χ1) is 8.98. The Bertz CT molecular complexity index is 413. The minimum Gasteiger partial charge on any atom is -0.387 e. The first-order valence-electron chi connectivity index (χ1n) is 6.55. The van der Waals surface area contributed by atoms with Crippen LogP contribution in [0.2, 0.25) is 0 Å². The molecule has 1 aliphatic rings. The molecule has 1 heterocycles. The van der Waals surface area contributed by atoms with Crippen molar-refractivity contribution in [2.24, 2.45) is 0 Å². The molecule has 2 rings (SSSR count). The van der Waals surface area contributed by atoms with Crippen molar-refractivity contribution in [2.45, 2.75) is 31.5 Å². The molecule has 0 bridgehead atoms. The van der Waals surface area contributed by atoms with E-state index in [-0.39, 0.29) is 12.1 Å². The Morgan fingerprint density at radius 1 is 1.11 bits per heavy atom. The van der Waals surface area contributed by atoms with Crippen molar-refractivity contribution in [3.05, 3.63) is 35.4 Å². The summed E-state index contributed by atoms with van der Waals surface area (Å²) >= 11 is 0. The molecule has 5 heteroatoms. The van der Waals surface area contributed by atoms with Gasteiger partial charge < -0.3 is 10.0 Å². The van der Waals surface area contributed by atoms with Gasteiger partial charge in [0.05, 0.1) is 11.7 Å². The lowest BCUT2D eigenvalue weighted by atomic mass is 10.0. The average molecular weight is 273 g/mol. The van der Waals surface area contributed by atoms with E-state index in [0.717, 1.165) is 38.4 Å². The van der Waals surface area contributed by atoms with Gasteiger partial charge in [0.15, 0.2) is 0 Å². The molecule has 1 N–H and O–H groups in total. The molecule has 1 aliphatic heterocycles. The second-order valence-electron chi connectivity index (χ2n) is 4.96. The van der Waals surface area contributed by atoms with Crippen LogP contribution in [0.25, 0.3) is 0 Å². The third kappa shape index (κ3) is 3.70. The number of alkyl halides is 3. The van der Waals surface area contributed by atoms with Gasteiger partial charge in [0.1, 0.15) is 0 Å². The maximum atomic E-state index is 12.9. The Hall–Kier alpha value is -1.07. The van der Waals surface area contributed by atoms with Crippen LogP contribution in [0.4, 0.5) is 13.2 Å². The highest BCUT2D eigenvalue weighted by molar-refractivity contribution is 5.31. The van der Waals surface area contributed by atoms with Crippen LogP contribution in [0.3, 0.4) is 0 Å². The molecule has 0 aliphatic carbocycles. The molecule has 2 nitrogen and oxygen atoms in total. The topological polar surface area (TPSA) is 23.5 Å². The summed E-state index contributed by atoms with van der Waals surface area (Å²) in [5.41, 5.74) is -0.764. The summed E-state index contributed by atoms with van der Waals surface area (Å²) in [7, 11) is 0. The maximum absolute atomic E-state index is 12.9. The van der Waals surface area contributed by atoms with Gasteiger partial charge in [-0.1, -0.05) is 24.6 Å².